The highest BCUT2D eigenvalue weighted by Gasteiger charge is 2.21. The molecular weight excluding hydrogens is 449 g/mol. The van der Waals surface area contributed by atoms with Crippen molar-refractivity contribution in [2.75, 3.05) is 5.75 Å². The number of thioether (sulfide) groups is 2. The van der Waals surface area contributed by atoms with Gasteiger partial charge in [-0.25, -0.2) is 4.68 Å². The Balaban J connectivity index is 1.55. The number of alkyl halides is 2. The average molecular weight is 466 g/mol. The molecule has 1 aromatic rings. The Bertz CT molecular complexity index is 653. The quantitative estimate of drug-likeness (QED) is 0.514. The number of allylic oxidation sites excluding steroid dienone is 3. The zero-order valence-electron chi connectivity index (χ0n) is 12.3. The molecule has 1 aromatic heterocycles. The van der Waals surface area contributed by atoms with Crippen LogP contribution in [-0.4, -0.2) is 24.8 Å². The zero-order chi connectivity index (χ0) is 15.7. The van der Waals surface area contributed by atoms with E-state index in [2.05, 4.69) is 70.5 Å². The van der Waals surface area contributed by atoms with Gasteiger partial charge in [0, 0.05) is 26.0 Å². The van der Waals surface area contributed by atoms with Crippen LogP contribution in [0.3, 0.4) is 0 Å². The molecule has 2 aliphatic rings. The summed E-state index contributed by atoms with van der Waals surface area (Å²) in [6, 6.07) is 0. The molecule has 1 N–H and O–H groups in total. The van der Waals surface area contributed by atoms with E-state index in [1.54, 1.807) is 11.8 Å². The van der Waals surface area contributed by atoms with E-state index in [1.165, 1.54) is 21.9 Å². The van der Waals surface area contributed by atoms with Crippen molar-refractivity contribution < 1.29 is 0 Å². The van der Waals surface area contributed by atoms with E-state index < -0.39 is 0 Å². The number of aryl methyl sites for hydroxylation is 1. The lowest BCUT2D eigenvalue weighted by molar-refractivity contribution is 0.538. The van der Waals surface area contributed by atoms with Gasteiger partial charge < -0.3 is 5.32 Å². The smallest absolute Gasteiger partial charge is 0.172 e. The highest BCUT2D eigenvalue weighted by molar-refractivity contribution is 14.1. The van der Waals surface area contributed by atoms with Crippen LogP contribution in [0.15, 0.2) is 40.4 Å². The molecular formula is C15H17ClIN3S2. The van der Waals surface area contributed by atoms with Crippen molar-refractivity contribution in [3.63, 3.8) is 0 Å². The van der Waals surface area contributed by atoms with E-state index >= 15 is 0 Å². The molecule has 0 spiro atoms. The van der Waals surface area contributed by atoms with E-state index in [0.717, 1.165) is 5.75 Å². The van der Waals surface area contributed by atoms with Crippen LogP contribution in [-0.2, 0) is 0 Å². The van der Waals surface area contributed by atoms with Crippen molar-refractivity contribution in [1.82, 2.24) is 15.1 Å². The number of hydrogen-bond donors (Lipinski definition) is 1. The Kier molecular flexibility index (Phi) is 5.52. The van der Waals surface area contributed by atoms with Gasteiger partial charge in [0.1, 0.15) is 0 Å². The monoisotopic (exact) mass is 465 g/mol. The van der Waals surface area contributed by atoms with Crippen LogP contribution in [0.1, 0.15) is 16.8 Å². The van der Waals surface area contributed by atoms with Crippen LogP contribution < -0.4 is 5.32 Å². The van der Waals surface area contributed by atoms with Gasteiger partial charge in [0.25, 0.3) is 0 Å². The molecule has 0 saturated carbocycles. The number of nitrogens with zero attached hydrogens (tertiary/aromatic N) is 2. The standard InChI is InChI=1S/C15H17ClIN3S2/c1-9-6-18-20(10(9)2)15-19-11(8-22-15)7-21-12-3-4-14(17)13(16)5-12/h3-6,8,13-15,19H,7H2,1-2H3. The summed E-state index contributed by atoms with van der Waals surface area (Å²) in [7, 11) is 0. The molecule has 118 valence electrons. The molecule has 0 aromatic carbocycles. The summed E-state index contributed by atoms with van der Waals surface area (Å²) < 4.78 is 2.43. The Labute approximate surface area is 158 Å². The third kappa shape index (κ3) is 3.71. The average Bonchev–Trinajstić information content (AvgIpc) is 3.08. The summed E-state index contributed by atoms with van der Waals surface area (Å²) in [5, 5.41) is 10.3. The number of rotatable bonds is 4. The van der Waals surface area contributed by atoms with Crippen molar-refractivity contribution >= 4 is 57.7 Å². The van der Waals surface area contributed by atoms with E-state index in [-0.39, 0.29) is 10.9 Å². The lowest BCUT2D eigenvalue weighted by Gasteiger charge is -2.17. The first-order valence-electron chi connectivity index (χ1n) is 6.97. The van der Waals surface area contributed by atoms with Gasteiger partial charge in [0.05, 0.1) is 11.6 Å². The van der Waals surface area contributed by atoms with Crippen LogP contribution in [0, 0.1) is 13.8 Å². The summed E-state index contributed by atoms with van der Waals surface area (Å²) >= 11 is 12.2. The fourth-order valence-electron chi connectivity index (χ4n) is 2.17. The summed E-state index contributed by atoms with van der Waals surface area (Å²) in [4.78, 5) is 1.25. The van der Waals surface area contributed by atoms with Crippen molar-refractivity contribution in [1.29, 1.82) is 0 Å². The lowest BCUT2D eigenvalue weighted by atomic mass is 10.2. The molecule has 1 aliphatic heterocycles. The molecule has 0 radical (unpaired) electrons. The molecule has 3 nitrogen and oxygen atoms in total. The van der Waals surface area contributed by atoms with Crippen LogP contribution in [0.25, 0.3) is 0 Å². The van der Waals surface area contributed by atoms with Gasteiger partial charge >= 0.3 is 0 Å². The maximum Gasteiger partial charge on any atom is 0.172 e. The van der Waals surface area contributed by atoms with Crippen molar-refractivity contribution in [2.45, 2.75) is 28.6 Å². The molecule has 0 fully saturated rings. The number of nitrogens with one attached hydrogen (secondary N) is 1. The van der Waals surface area contributed by atoms with Gasteiger partial charge in [-0.15, -0.1) is 23.4 Å². The van der Waals surface area contributed by atoms with Gasteiger partial charge in [0.2, 0.25) is 0 Å². The van der Waals surface area contributed by atoms with E-state index in [9.17, 15) is 0 Å². The predicted octanol–water partition coefficient (Wildman–Crippen LogP) is 4.73. The zero-order valence-corrected chi connectivity index (χ0v) is 16.8. The van der Waals surface area contributed by atoms with Crippen LogP contribution in [0.5, 0.6) is 0 Å². The van der Waals surface area contributed by atoms with Crippen LogP contribution >= 0.6 is 57.7 Å². The van der Waals surface area contributed by atoms with Gasteiger partial charge in [-0.2, -0.15) is 5.10 Å². The lowest BCUT2D eigenvalue weighted by Crippen LogP contribution is -2.22. The Morgan fingerprint density at radius 1 is 1.50 bits per heavy atom. The molecule has 3 atom stereocenters. The largest absolute Gasteiger partial charge is 0.357 e. The highest BCUT2D eigenvalue weighted by Crippen LogP contribution is 2.34. The van der Waals surface area contributed by atoms with Crippen LogP contribution in [0.2, 0.25) is 0 Å². The summed E-state index contributed by atoms with van der Waals surface area (Å²) in [6.45, 7) is 4.20. The van der Waals surface area contributed by atoms with Gasteiger partial charge in [-0.3, -0.25) is 0 Å². The van der Waals surface area contributed by atoms with Crippen molar-refractivity contribution in [3.8, 4) is 0 Å². The molecule has 22 heavy (non-hydrogen) atoms. The molecule has 0 amide bonds. The third-order valence-corrected chi connectivity index (χ3v) is 7.70. The fourth-order valence-corrected chi connectivity index (χ4v) is 4.88. The second-order valence-electron chi connectivity index (χ2n) is 5.24. The topological polar surface area (TPSA) is 29.9 Å². The Morgan fingerprint density at radius 2 is 2.32 bits per heavy atom. The summed E-state index contributed by atoms with van der Waals surface area (Å²) in [5.74, 6) is 0.925. The fraction of sp³-hybridized carbons (Fsp3) is 0.400. The normalized spacial score (nSPS) is 27.5. The minimum absolute atomic E-state index is 0.0930. The first-order valence-corrected chi connectivity index (χ1v) is 10.6. The van der Waals surface area contributed by atoms with E-state index in [0.29, 0.717) is 3.92 Å². The third-order valence-electron chi connectivity index (χ3n) is 3.63. The van der Waals surface area contributed by atoms with Crippen molar-refractivity contribution in [3.05, 3.63) is 51.7 Å². The van der Waals surface area contributed by atoms with E-state index in [1.807, 2.05) is 22.6 Å². The Hall–Kier alpha value is -0.0500. The second kappa shape index (κ2) is 7.23. The number of aromatic nitrogens is 2. The summed E-state index contributed by atoms with van der Waals surface area (Å²) in [5.41, 5.74) is 3.84. The predicted molar refractivity (Wildman–Crippen MR) is 107 cm³/mol. The molecule has 3 unspecified atom stereocenters. The molecule has 0 bridgehead atoms. The van der Waals surface area contributed by atoms with Gasteiger partial charge in [-0.05, 0) is 24.8 Å². The minimum Gasteiger partial charge on any atom is -0.357 e. The maximum atomic E-state index is 6.29. The number of halogens is 2. The van der Waals surface area contributed by atoms with E-state index in [4.69, 9.17) is 11.6 Å². The van der Waals surface area contributed by atoms with Crippen molar-refractivity contribution in [2.24, 2.45) is 0 Å². The molecule has 3 rings (SSSR count). The minimum atomic E-state index is 0.0930. The number of hydrogen-bond acceptors (Lipinski definition) is 4. The molecule has 0 saturated heterocycles. The maximum absolute atomic E-state index is 6.29. The summed E-state index contributed by atoms with van der Waals surface area (Å²) in [6.07, 6.45) is 8.40. The van der Waals surface area contributed by atoms with Gasteiger partial charge in [0.15, 0.2) is 5.50 Å². The highest BCUT2D eigenvalue weighted by atomic mass is 127. The first-order chi connectivity index (χ1) is 10.5. The van der Waals surface area contributed by atoms with Gasteiger partial charge in [-0.1, -0.05) is 52.6 Å². The molecule has 2 heterocycles. The van der Waals surface area contributed by atoms with Crippen LogP contribution in [0.4, 0.5) is 0 Å². The SMILES string of the molecule is Cc1cnn(C2NC(CSC3=CC(Cl)C(I)C=C3)=CS2)c1C. The molecule has 1 aliphatic carbocycles. The second-order valence-corrected chi connectivity index (χ2v) is 9.18. The first kappa shape index (κ1) is 16.8. The Morgan fingerprint density at radius 3 is 3.00 bits per heavy atom. The molecule has 7 heteroatoms.